The standard InChI is InChI=1S/C12H7BrF3N3O/c1-6-10(13)11-17-7(8-3-2-4-20-8)5-9(12(14,15)16)19(11)18-6/h2-5H,1H3. The highest BCUT2D eigenvalue weighted by Crippen LogP contribution is 2.34. The van der Waals surface area contributed by atoms with Crippen LogP contribution in [-0.4, -0.2) is 14.6 Å². The van der Waals surface area contributed by atoms with Gasteiger partial charge in [0, 0.05) is 0 Å². The Morgan fingerprint density at radius 3 is 2.70 bits per heavy atom. The molecule has 0 N–H and O–H groups in total. The highest BCUT2D eigenvalue weighted by atomic mass is 79.9. The van der Waals surface area contributed by atoms with Gasteiger partial charge in [-0.05, 0) is 41.1 Å². The molecule has 8 heteroatoms. The van der Waals surface area contributed by atoms with Crippen LogP contribution in [0.25, 0.3) is 17.1 Å². The molecule has 0 aliphatic rings. The lowest BCUT2D eigenvalue weighted by Crippen LogP contribution is -2.13. The predicted octanol–water partition coefficient (Wildman–Crippen LogP) is 4.08. The van der Waals surface area contributed by atoms with Crippen molar-refractivity contribution in [3.8, 4) is 11.5 Å². The van der Waals surface area contributed by atoms with Gasteiger partial charge in [0.15, 0.2) is 17.1 Å². The Labute approximate surface area is 119 Å². The van der Waals surface area contributed by atoms with E-state index in [0.29, 0.717) is 10.2 Å². The van der Waals surface area contributed by atoms with Gasteiger partial charge in [-0.25, -0.2) is 9.50 Å². The first-order valence-corrected chi connectivity index (χ1v) is 6.34. The highest BCUT2D eigenvalue weighted by molar-refractivity contribution is 9.10. The number of fused-ring (bicyclic) bond motifs is 1. The lowest BCUT2D eigenvalue weighted by atomic mass is 10.2. The maximum Gasteiger partial charge on any atom is 0.433 e. The van der Waals surface area contributed by atoms with Crippen molar-refractivity contribution in [3.63, 3.8) is 0 Å². The fourth-order valence-corrected chi connectivity index (χ4v) is 2.19. The van der Waals surface area contributed by atoms with Crippen molar-refractivity contribution in [2.45, 2.75) is 13.1 Å². The summed E-state index contributed by atoms with van der Waals surface area (Å²) in [5.74, 6) is 0.267. The smallest absolute Gasteiger partial charge is 0.433 e. The van der Waals surface area contributed by atoms with Crippen molar-refractivity contribution in [2.75, 3.05) is 0 Å². The summed E-state index contributed by atoms with van der Waals surface area (Å²) < 4.78 is 45.8. The molecule has 0 spiro atoms. The lowest BCUT2D eigenvalue weighted by Gasteiger charge is -2.10. The molecule has 0 bridgehead atoms. The summed E-state index contributed by atoms with van der Waals surface area (Å²) in [6.07, 6.45) is -3.16. The zero-order valence-corrected chi connectivity index (χ0v) is 11.7. The summed E-state index contributed by atoms with van der Waals surface area (Å²) in [4.78, 5) is 4.17. The van der Waals surface area contributed by atoms with E-state index in [4.69, 9.17) is 4.42 Å². The Morgan fingerprint density at radius 1 is 1.35 bits per heavy atom. The summed E-state index contributed by atoms with van der Waals surface area (Å²) in [6, 6.07) is 4.06. The molecule has 0 saturated heterocycles. The van der Waals surface area contributed by atoms with Crippen LogP contribution in [0.1, 0.15) is 11.4 Å². The maximum atomic E-state index is 13.1. The molecule has 0 saturated carbocycles. The molecule has 0 aromatic carbocycles. The predicted molar refractivity (Wildman–Crippen MR) is 68.1 cm³/mol. The minimum absolute atomic E-state index is 0.101. The van der Waals surface area contributed by atoms with Crippen LogP contribution in [0, 0.1) is 6.92 Å². The van der Waals surface area contributed by atoms with Crippen molar-refractivity contribution in [1.82, 2.24) is 14.6 Å². The van der Waals surface area contributed by atoms with E-state index < -0.39 is 11.9 Å². The Balaban J connectivity index is 2.38. The van der Waals surface area contributed by atoms with Crippen LogP contribution in [0.2, 0.25) is 0 Å². The van der Waals surface area contributed by atoms with Crippen molar-refractivity contribution in [1.29, 1.82) is 0 Å². The van der Waals surface area contributed by atoms with Crippen LogP contribution in [-0.2, 0) is 6.18 Å². The minimum atomic E-state index is -4.54. The Bertz CT molecular complexity index is 777. The molecule has 3 aromatic rings. The van der Waals surface area contributed by atoms with Crippen LogP contribution >= 0.6 is 15.9 Å². The van der Waals surface area contributed by atoms with Crippen molar-refractivity contribution in [2.24, 2.45) is 0 Å². The highest BCUT2D eigenvalue weighted by Gasteiger charge is 2.36. The van der Waals surface area contributed by atoms with E-state index in [-0.39, 0.29) is 17.1 Å². The summed E-state index contributed by atoms with van der Waals surface area (Å²) in [5, 5.41) is 3.86. The molecule has 0 aliphatic heterocycles. The van der Waals surface area contributed by atoms with E-state index in [0.717, 1.165) is 10.6 Å². The van der Waals surface area contributed by atoms with E-state index in [1.807, 2.05) is 0 Å². The van der Waals surface area contributed by atoms with Gasteiger partial charge in [-0.1, -0.05) is 0 Å². The van der Waals surface area contributed by atoms with Crippen molar-refractivity contribution in [3.05, 3.63) is 40.3 Å². The van der Waals surface area contributed by atoms with Gasteiger partial charge in [-0.3, -0.25) is 0 Å². The van der Waals surface area contributed by atoms with Crippen LogP contribution in [0.15, 0.2) is 33.4 Å². The minimum Gasteiger partial charge on any atom is -0.463 e. The summed E-state index contributed by atoms with van der Waals surface area (Å²) in [5.41, 5.74) is -0.263. The zero-order valence-electron chi connectivity index (χ0n) is 10.1. The van der Waals surface area contributed by atoms with Gasteiger partial charge in [0.1, 0.15) is 5.69 Å². The Kier molecular flexibility index (Phi) is 2.86. The van der Waals surface area contributed by atoms with E-state index in [1.54, 1.807) is 19.1 Å². The molecule has 0 fully saturated rings. The number of aromatic nitrogens is 3. The number of furan rings is 1. The second kappa shape index (κ2) is 4.34. The van der Waals surface area contributed by atoms with Crippen molar-refractivity contribution >= 4 is 21.6 Å². The monoisotopic (exact) mass is 345 g/mol. The molecule has 3 heterocycles. The van der Waals surface area contributed by atoms with Gasteiger partial charge in [-0.15, -0.1) is 0 Å². The van der Waals surface area contributed by atoms with E-state index in [9.17, 15) is 13.2 Å². The van der Waals surface area contributed by atoms with Crippen LogP contribution in [0.3, 0.4) is 0 Å². The van der Waals surface area contributed by atoms with Gasteiger partial charge >= 0.3 is 6.18 Å². The third kappa shape index (κ3) is 2.00. The number of nitrogens with zero attached hydrogens (tertiary/aromatic N) is 3. The number of rotatable bonds is 1. The molecule has 0 radical (unpaired) electrons. The lowest BCUT2D eigenvalue weighted by molar-refractivity contribution is -0.142. The molecular weight excluding hydrogens is 339 g/mol. The molecule has 4 nitrogen and oxygen atoms in total. The molecule has 0 unspecified atom stereocenters. The average molecular weight is 346 g/mol. The third-order valence-electron chi connectivity index (χ3n) is 2.76. The van der Waals surface area contributed by atoms with Gasteiger partial charge in [0.25, 0.3) is 0 Å². The first kappa shape index (κ1) is 13.2. The van der Waals surface area contributed by atoms with Crippen LogP contribution in [0.5, 0.6) is 0 Å². The second-order valence-corrected chi connectivity index (χ2v) is 4.93. The molecule has 3 aromatic heterocycles. The van der Waals surface area contributed by atoms with E-state index in [2.05, 4.69) is 26.0 Å². The molecule has 3 rings (SSSR count). The summed E-state index contributed by atoms with van der Waals surface area (Å²) in [6.45, 7) is 1.60. The Hall–Kier alpha value is -1.83. The second-order valence-electron chi connectivity index (χ2n) is 4.14. The molecule has 104 valence electrons. The number of alkyl halides is 3. The number of halogens is 4. The first-order chi connectivity index (χ1) is 9.38. The summed E-state index contributed by atoms with van der Waals surface area (Å²) in [7, 11) is 0. The topological polar surface area (TPSA) is 43.3 Å². The first-order valence-electron chi connectivity index (χ1n) is 5.55. The Morgan fingerprint density at radius 2 is 2.10 bits per heavy atom. The molecule has 20 heavy (non-hydrogen) atoms. The number of aryl methyl sites for hydroxylation is 1. The fraction of sp³-hybridized carbons (Fsp3) is 0.167. The van der Waals surface area contributed by atoms with Gasteiger partial charge < -0.3 is 4.42 Å². The van der Waals surface area contributed by atoms with E-state index in [1.165, 1.54) is 6.26 Å². The number of hydrogen-bond donors (Lipinski definition) is 0. The van der Waals surface area contributed by atoms with Gasteiger partial charge in [0.2, 0.25) is 0 Å². The third-order valence-corrected chi connectivity index (χ3v) is 3.69. The van der Waals surface area contributed by atoms with Crippen molar-refractivity contribution < 1.29 is 17.6 Å². The zero-order chi connectivity index (χ0) is 14.5. The molecule has 0 aliphatic carbocycles. The quantitative estimate of drug-likeness (QED) is 0.667. The largest absolute Gasteiger partial charge is 0.463 e. The molecule has 0 atom stereocenters. The average Bonchev–Trinajstić information content (AvgIpc) is 2.98. The SMILES string of the molecule is Cc1nn2c(C(F)(F)F)cc(-c3ccco3)nc2c1Br. The number of hydrogen-bond acceptors (Lipinski definition) is 3. The fourth-order valence-electron chi connectivity index (χ4n) is 1.85. The summed E-state index contributed by atoms with van der Waals surface area (Å²) >= 11 is 3.21. The van der Waals surface area contributed by atoms with Crippen LogP contribution < -0.4 is 0 Å². The van der Waals surface area contributed by atoms with Gasteiger partial charge in [0.05, 0.1) is 16.4 Å². The van der Waals surface area contributed by atoms with Gasteiger partial charge in [-0.2, -0.15) is 18.3 Å². The maximum absolute atomic E-state index is 13.1. The molecular formula is C12H7BrF3N3O. The van der Waals surface area contributed by atoms with E-state index >= 15 is 0 Å². The normalized spacial score (nSPS) is 12.2. The van der Waals surface area contributed by atoms with Crippen LogP contribution in [0.4, 0.5) is 13.2 Å². The molecule has 0 amide bonds.